The zero-order valence-electron chi connectivity index (χ0n) is 9.15. The van der Waals surface area contributed by atoms with E-state index < -0.39 is 0 Å². The van der Waals surface area contributed by atoms with Crippen molar-refractivity contribution in [1.29, 1.82) is 0 Å². The fourth-order valence-corrected chi connectivity index (χ4v) is 1.77. The molecule has 0 unspecified atom stereocenters. The topological polar surface area (TPSA) is 68.0 Å². The van der Waals surface area contributed by atoms with Gasteiger partial charge in [0.05, 0.1) is 22.0 Å². The molecule has 0 fully saturated rings. The summed E-state index contributed by atoms with van der Waals surface area (Å²) in [6, 6.07) is 8.17. The molecule has 0 aliphatic heterocycles. The highest BCUT2D eigenvalue weighted by molar-refractivity contribution is 6.37. The summed E-state index contributed by atoms with van der Waals surface area (Å²) in [7, 11) is 0. The first-order valence-corrected chi connectivity index (χ1v) is 5.81. The molecule has 0 radical (unpaired) electrons. The predicted octanol–water partition coefficient (Wildman–Crippen LogP) is 3.22. The lowest BCUT2D eigenvalue weighted by atomic mass is 10.2. The van der Waals surface area contributed by atoms with Crippen LogP contribution in [0.2, 0.25) is 10.2 Å². The maximum Gasteiger partial charge on any atom is 0.257 e. The van der Waals surface area contributed by atoms with Crippen LogP contribution in [0.25, 0.3) is 0 Å². The predicted molar refractivity (Wildman–Crippen MR) is 73.1 cm³/mol. The van der Waals surface area contributed by atoms with E-state index in [0.29, 0.717) is 11.4 Å². The van der Waals surface area contributed by atoms with Crippen LogP contribution in [-0.4, -0.2) is 10.9 Å². The van der Waals surface area contributed by atoms with E-state index in [4.69, 9.17) is 28.9 Å². The average molecular weight is 282 g/mol. The van der Waals surface area contributed by atoms with Gasteiger partial charge in [0.2, 0.25) is 0 Å². The Bertz CT molecular complexity index is 602. The Balaban J connectivity index is 2.28. The molecular weight excluding hydrogens is 273 g/mol. The van der Waals surface area contributed by atoms with Crippen molar-refractivity contribution in [1.82, 2.24) is 4.98 Å². The summed E-state index contributed by atoms with van der Waals surface area (Å²) in [6.45, 7) is 0. The van der Waals surface area contributed by atoms with Crippen molar-refractivity contribution in [2.75, 3.05) is 11.1 Å². The molecule has 0 aliphatic rings. The van der Waals surface area contributed by atoms with Crippen molar-refractivity contribution in [3.05, 3.63) is 52.3 Å². The van der Waals surface area contributed by atoms with E-state index in [0.717, 1.165) is 0 Å². The second-order valence-corrected chi connectivity index (χ2v) is 4.24. The average Bonchev–Trinajstić information content (AvgIpc) is 2.35. The zero-order chi connectivity index (χ0) is 13.1. The van der Waals surface area contributed by atoms with Crippen molar-refractivity contribution in [3.63, 3.8) is 0 Å². The zero-order valence-corrected chi connectivity index (χ0v) is 10.7. The van der Waals surface area contributed by atoms with E-state index in [1.165, 1.54) is 6.20 Å². The highest BCUT2D eigenvalue weighted by atomic mass is 35.5. The lowest BCUT2D eigenvalue weighted by molar-refractivity contribution is 0.102. The molecule has 6 heteroatoms. The molecule has 1 aromatic heterocycles. The Morgan fingerprint density at radius 2 is 2.00 bits per heavy atom. The SMILES string of the molecule is Nc1cccc(C(=O)Nc2cccnc2Cl)c1Cl. The Labute approximate surface area is 114 Å². The summed E-state index contributed by atoms with van der Waals surface area (Å²) in [5, 5.41) is 3.05. The number of carbonyl (C=O) groups excluding carboxylic acids is 1. The van der Waals surface area contributed by atoms with Gasteiger partial charge in [0, 0.05) is 6.20 Å². The number of nitrogens with zero attached hydrogens (tertiary/aromatic N) is 1. The van der Waals surface area contributed by atoms with Gasteiger partial charge in [-0.25, -0.2) is 4.98 Å². The lowest BCUT2D eigenvalue weighted by Crippen LogP contribution is -2.13. The molecule has 2 rings (SSSR count). The highest BCUT2D eigenvalue weighted by Gasteiger charge is 2.13. The monoisotopic (exact) mass is 281 g/mol. The van der Waals surface area contributed by atoms with Crippen LogP contribution in [0, 0.1) is 0 Å². The molecule has 2 aromatic rings. The first-order valence-electron chi connectivity index (χ1n) is 5.05. The number of nitrogen functional groups attached to an aromatic ring is 1. The summed E-state index contributed by atoms with van der Waals surface area (Å²) in [5.41, 5.74) is 6.69. The van der Waals surface area contributed by atoms with Crippen molar-refractivity contribution in [2.24, 2.45) is 0 Å². The minimum absolute atomic E-state index is 0.214. The molecule has 0 atom stereocenters. The summed E-state index contributed by atoms with van der Waals surface area (Å²) in [5.74, 6) is -0.387. The van der Waals surface area contributed by atoms with Gasteiger partial charge in [-0.15, -0.1) is 0 Å². The Morgan fingerprint density at radius 1 is 1.22 bits per heavy atom. The largest absolute Gasteiger partial charge is 0.398 e. The van der Waals surface area contributed by atoms with E-state index in [1.807, 2.05) is 0 Å². The molecule has 1 aromatic carbocycles. The van der Waals surface area contributed by atoms with E-state index in [9.17, 15) is 4.79 Å². The number of pyridine rings is 1. The minimum Gasteiger partial charge on any atom is -0.398 e. The van der Waals surface area contributed by atoms with Gasteiger partial charge in [0.15, 0.2) is 5.15 Å². The van der Waals surface area contributed by atoms with Gasteiger partial charge in [-0.3, -0.25) is 4.79 Å². The van der Waals surface area contributed by atoms with Crippen LogP contribution in [0.15, 0.2) is 36.5 Å². The molecule has 0 aliphatic carbocycles. The molecule has 92 valence electrons. The van der Waals surface area contributed by atoms with Crippen LogP contribution < -0.4 is 11.1 Å². The molecule has 3 N–H and O–H groups in total. The van der Waals surface area contributed by atoms with Gasteiger partial charge in [-0.2, -0.15) is 0 Å². The Kier molecular flexibility index (Phi) is 3.69. The van der Waals surface area contributed by atoms with Crippen molar-refractivity contribution in [2.45, 2.75) is 0 Å². The van der Waals surface area contributed by atoms with Gasteiger partial charge in [0.25, 0.3) is 5.91 Å². The van der Waals surface area contributed by atoms with E-state index >= 15 is 0 Å². The minimum atomic E-state index is -0.387. The first-order chi connectivity index (χ1) is 8.59. The molecule has 1 amide bonds. The number of amides is 1. The third-order valence-electron chi connectivity index (χ3n) is 2.28. The number of rotatable bonds is 2. The number of aromatic nitrogens is 1. The standard InChI is InChI=1S/C12H9Cl2N3O/c13-10-7(3-1-4-8(10)15)12(18)17-9-5-2-6-16-11(9)14/h1-6H,15H2,(H,17,18). The van der Waals surface area contributed by atoms with Crippen LogP contribution in [-0.2, 0) is 0 Å². The van der Waals surface area contributed by atoms with Crippen LogP contribution in [0.4, 0.5) is 11.4 Å². The Hall–Kier alpha value is -1.78. The number of hydrogen-bond acceptors (Lipinski definition) is 3. The van der Waals surface area contributed by atoms with Crippen LogP contribution in [0.5, 0.6) is 0 Å². The first kappa shape index (κ1) is 12.7. The van der Waals surface area contributed by atoms with Gasteiger partial charge < -0.3 is 11.1 Å². The van der Waals surface area contributed by atoms with Crippen LogP contribution in [0.3, 0.4) is 0 Å². The highest BCUT2D eigenvalue weighted by Crippen LogP contribution is 2.25. The van der Waals surface area contributed by atoms with Crippen molar-refractivity contribution < 1.29 is 4.79 Å². The number of nitrogens with two attached hydrogens (primary N) is 1. The molecular formula is C12H9Cl2N3O. The van der Waals surface area contributed by atoms with Crippen molar-refractivity contribution >= 4 is 40.5 Å². The van der Waals surface area contributed by atoms with E-state index in [-0.39, 0.29) is 21.6 Å². The quantitative estimate of drug-likeness (QED) is 0.656. The molecule has 4 nitrogen and oxygen atoms in total. The third kappa shape index (κ3) is 2.55. The number of anilines is 2. The third-order valence-corrected chi connectivity index (χ3v) is 3.00. The molecule has 0 saturated carbocycles. The number of carbonyl (C=O) groups is 1. The second kappa shape index (κ2) is 5.25. The fourth-order valence-electron chi connectivity index (χ4n) is 1.39. The van der Waals surface area contributed by atoms with Crippen LogP contribution in [0.1, 0.15) is 10.4 Å². The summed E-state index contributed by atoms with van der Waals surface area (Å²) in [4.78, 5) is 15.9. The van der Waals surface area contributed by atoms with Gasteiger partial charge >= 0.3 is 0 Å². The molecule has 18 heavy (non-hydrogen) atoms. The maximum atomic E-state index is 12.0. The Morgan fingerprint density at radius 3 is 2.72 bits per heavy atom. The summed E-state index contributed by atoms with van der Waals surface area (Å²) < 4.78 is 0. The maximum absolute atomic E-state index is 12.0. The summed E-state index contributed by atoms with van der Waals surface area (Å²) >= 11 is 11.8. The van der Waals surface area contributed by atoms with Gasteiger partial charge in [0.1, 0.15) is 0 Å². The van der Waals surface area contributed by atoms with Gasteiger partial charge in [-0.1, -0.05) is 29.3 Å². The van der Waals surface area contributed by atoms with E-state index in [2.05, 4.69) is 10.3 Å². The molecule has 0 bridgehead atoms. The fraction of sp³-hybridized carbons (Fsp3) is 0. The van der Waals surface area contributed by atoms with Gasteiger partial charge in [-0.05, 0) is 24.3 Å². The number of hydrogen-bond donors (Lipinski definition) is 2. The second-order valence-electron chi connectivity index (χ2n) is 3.50. The normalized spacial score (nSPS) is 10.1. The summed E-state index contributed by atoms with van der Waals surface area (Å²) in [6.07, 6.45) is 1.53. The number of benzene rings is 1. The van der Waals surface area contributed by atoms with Crippen LogP contribution >= 0.6 is 23.2 Å². The number of nitrogens with one attached hydrogen (secondary N) is 1. The van der Waals surface area contributed by atoms with Crippen molar-refractivity contribution in [3.8, 4) is 0 Å². The molecule has 0 saturated heterocycles. The molecule has 0 spiro atoms. The smallest absolute Gasteiger partial charge is 0.257 e. The van der Waals surface area contributed by atoms with E-state index in [1.54, 1.807) is 30.3 Å². The molecule has 1 heterocycles. The number of halogens is 2. The lowest BCUT2D eigenvalue weighted by Gasteiger charge is -2.08.